The molecule has 0 radical (unpaired) electrons. The van der Waals surface area contributed by atoms with Gasteiger partial charge in [0.2, 0.25) is 0 Å². The molecule has 0 spiro atoms. The Morgan fingerprint density at radius 1 is 1.08 bits per heavy atom. The van der Waals surface area contributed by atoms with E-state index >= 15 is 0 Å². The lowest BCUT2D eigenvalue weighted by atomic mass is 9.42. The smallest absolute Gasteiger partial charge is 0.303 e. The third kappa shape index (κ3) is 4.83. The summed E-state index contributed by atoms with van der Waals surface area (Å²) in [6.07, 6.45) is 7.34. The first-order valence-corrected chi connectivity index (χ1v) is 14.0. The highest BCUT2D eigenvalue weighted by Gasteiger charge is 2.64. The molecule has 0 saturated heterocycles. The van der Waals surface area contributed by atoms with Crippen molar-refractivity contribution in [3.63, 3.8) is 0 Å². The normalized spacial score (nSPS) is 42.4. The molecule has 4 rings (SSSR count). The van der Waals surface area contributed by atoms with Gasteiger partial charge in [-0.15, -0.1) is 0 Å². The van der Waals surface area contributed by atoms with Crippen molar-refractivity contribution in [2.45, 2.75) is 105 Å². The minimum Gasteiger partial charge on any atom is -0.462 e. The summed E-state index contributed by atoms with van der Waals surface area (Å²) in [5.41, 5.74) is 0.0992. The van der Waals surface area contributed by atoms with Crippen molar-refractivity contribution in [3.05, 3.63) is 0 Å². The number of ketones is 1. The second-order valence-electron chi connectivity index (χ2n) is 12.9. The summed E-state index contributed by atoms with van der Waals surface area (Å²) in [5.74, 6) is 2.17. The van der Waals surface area contributed by atoms with Crippen LogP contribution in [0.5, 0.6) is 0 Å². The van der Waals surface area contributed by atoms with Crippen LogP contribution in [-0.2, 0) is 28.7 Å². The molecule has 4 saturated carbocycles. The number of fused-ring (bicyclic) bond motifs is 5. The van der Waals surface area contributed by atoms with Gasteiger partial charge in [-0.05, 0) is 86.4 Å². The molecule has 4 aliphatic rings. The van der Waals surface area contributed by atoms with Gasteiger partial charge in [0.05, 0.1) is 0 Å². The fourth-order valence-corrected chi connectivity index (χ4v) is 9.33. The molecule has 10 atom stereocenters. The number of carbonyl (C=O) groups is 4. The van der Waals surface area contributed by atoms with Gasteiger partial charge in [0.15, 0.2) is 6.61 Å². The summed E-state index contributed by atoms with van der Waals surface area (Å²) in [5, 5.41) is 3.00. The first-order valence-electron chi connectivity index (χ1n) is 14.0. The van der Waals surface area contributed by atoms with Gasteiger partial charge in [-0.25, -0.2) is 0 Å². The van der Waals surface area contributed by atoms with Crippen LogP contribution >= 0.6 is 0 Å². The average molecular weight is 504 g/mol. The number of amides is 1. The van der Waals surface area contributed by atoms with E-state index in [1.165, 1.54) is 13.8 Å². The van der Waals surface area contributed by atoms with Crippen LogP contribution in [-0.4, -0.2) is 42.4 Å². The van der Waals surface area contributed by atoms with E-state index < -0.39 is 5.97 Å². The number of carbonyl (C=O) groups excluding carboxylic acids is 4. The van der Waals surface area contributed by atoms with Gasteiger partial charge in [-0.1, -0.05) is 20.8 Å². The molecular weight excluding hydrogens is 458 g/mol. The van der Waals surface area contributed by atoms with Crippen LogP contribution in [0.1, 0.15) is 92.9 Å². The number of esters is 2. The Labute approximate surface area is 215 Å². The van der Waals surface area contributed by atoms with E-state index in [9.17, 15) is 19.2 Å². The maximum Gasteiger partial charge on any atom is 0.303 e. The molecule has 0 unspecified atom stereocenters. The molecule has 4 aliphatic carbocycles. The maximum absolute atomic E-state index is 12.4. The lowest BCUT2D eigenvalue weighted by molar-refractivity contribution is -0.169. The Morgan fingerprint density at radius 3 is 2.47 bits per heavy atom. The predicted octanol–water partition coefficient (Wildman–Crippen LogP) is 4.46. The number of hydrogen-bond donors (Lipinski definition) is 1. The Bertz CT molecular complexity index is 902. The zero-order valence-electron chi connectivity index (χ0n) is 22.9. The first kappa shape index (κ1) is 27.1. The maximum atomic E-state index is 12.4. The zero-order chi connectivity index (χ0) is 26.4. The topological polar surface area (TPSA) is 98.8 Å². The van der Waals surface area contributed by atoms with Crippen LogP contribution in [0.2, 0.25) is 0 Å². The molecule has 0 aliphatic heterocycles. The summed E-state index contributed by atoms with van der Waals surface area (Å²) >= 11 is 0. The number of nitrogens with one attached hydrogen (secondary N) is 1. The van der Waals surface area contributed by atoms with E-state index in [1.54, 1.807) is 0 Å². The largest absolute Gasteiger partial charge is 0.462 e. The molecule has 0 aromatic carbocycles. The lowest BCUT2D eigenvalue weighted by Gasteiger charge is -2.62. The highest BCUT2D eigenvalue weighted by atomic mass is 16.5. The molecule has 202 valence electrons. The molecule has 0 heterocycles. The van der Waals surface area contributed by atoms with Crippen LogP contribution in [0.4, 0.5) is 0 Å². The molecule has 7 heteroatoms. The SMILES string of the molecule is CC(=O)OCC(=O)N[C@H](C)C[C@H]1C[C@H](OC(C)=O)[C@@]2(C)CC[C@H]3[C@@H](CC[C@H]4CC(=O)C[C@@H](C)[C@@]43C)[C@H]12. The van der Waals surface area contributed by atoms with E-state index in [4.69, 9.17) is 9.47 Å². The molecule has 0 bridgehead atoms. The zero-order valence-corrected chi connectivity index (χ0v) is 22.9. The third-order valence-corrected chi connectivity index (χ3v) is 10.9. The van der Waals surface area contributed by atoms with Crippen LogP contribution in [0.3, 0.4) is 0 Å². The van der Waals surface area contributed by atoms with Crippen LogP contribution in [0.15, 0.2) is 0 Å². The minimum atomic E-state index is -0.468. The highest BCUT2D eigenvalue weighted by Crippen LogP contribution is 2.68. The number of Topliss-reactive ketones (excluding diaryl/α,β-unsaturated/α-hetero) is 1. The molecule has 36 heavy (non-hydrogen) atoms. The van der Waals surface area contributed by atoms with Gasteiger partial charge in [0, 0.05) is 38.1 Å². The molecule has 1 N–H and O–H groups in total. The fraction of sp³-hybridized carbons (Fsp3) is 0.862. The van der Waals surface area contributed by atoms with Gasteiger partial charge in [-0.3, -0.25) is 19.2 Å². The molecule has 7 nitrogen and oxygen atoms in total. The monoisotopic (exact) mass is 503 g/mol. The van der Waals surface area contributed by atoms with E-state index in [1.807, 2.05) is 6.92 Å². The Morgan fingerprint density at radius 2 is 1.81 bits per heavy atom. The van der Waals surface area contributed by atoms with Crippen molar-refractivity contribution < 1.29 is 28.7 Å². The minimum absolute atomic E-state index is 0.0723. The lowest BCUT2D eigenvalue weighted by Crippen LogP contribution is -2.57. The van der Waals surface area contributed by atoms with Crippen molar-refractivity contribution in [1.29, 1.82) is 0 Å². The molecule has 4 fully saturated rings. The van der Waals surface area contributed by atoms with Crippen LogP contribution in [0.25, 0.3) is 0 Å². The number of rotatable bonds is 6. The van der Waals surface area contributed by atoms with Gasteiger partial charge < -0.3 is 14.8 Å². The van der Waals surface area contributed by atoms with Crippen molar-refractivity contribution >= 4 is 23.6 Å². The van der Waals surface area contributed by atoms with Crippen molar-refractivity contribution in [2.75, 3.05) is 6.61 Å². The third-order valence-electron chi connectivity index (χ3n) is 10.9. The molecular formula is C29H45NO6. The first-order chi connectivity index (χ1) is 16.9. The molecule has 0 aromatic rings. The van der Waals surface area contributed by atoms with E-state index in [0.717, 1.165) is 44.9 Å². The second-order valence-corrected chi connectivity index (χ2v) is 12.9. The molecule has 0 aromatic heterocycles. The Hall–Kier alpha value is -1.92. The van der Waals surface area contributed by atoms with Gasteiger partial charge in [0.1, 0.15) is 11.9 Å². The Kier molecular flexibility index (Phi) is 7.60. The predicted molar refractivity (Wildman–Crippen MR) is 135 cm³/mol. The van der Waals surface area contributed by atoms with Crippen molar-refractivity contribution in [3.8, 4) is 0 Å². The highest BCUT2D eigenvalue weighted by molar-refractivity contribution is 5.80. The second kappa shape index (κ2) is 10.1. The summed E-state index contributed by atoms with van der Waals surface area (Å²) in [6.45, 7) is 11.6. The van der Waals surface area contributed by atoms with E-state index in [-0.39, 0.29) is 41.5 Å². The van der Waals surface area contributed by atoms with Gasteiger partial charge >= 0.3 is 11.9 Å². The van der Waals surface area contributed by atoms with Crippen LogP contribution in [0, 0.1) is 46.3 Å². The fourth-order valence-electron chi connectivity index (χ4n) is 9.33. The summed E-state index contributed by atoms with van der Waals surface area (Å²) < 4.78 is 10.8. The van der Waals surface area contributed by atoms with E-state index in [2.05, 4.69) is 26.1 Å². The standard InChI is InChI=1S/C29H45NO6/c1-16-11-22(33)14-21-7-8-23-24(29(16,21)6)9-10-28(5)25(36-19(4)32)13-20(27(23)28)12-17(2)30-26(34)15-35-18(3)31/h16-17,20-21,23-25,27H,7-15H2,1-6H3,(H,30,34)/t16-,17-,20+,21+,23-,24+,25+,27+,28-,29+/m1/s1. The van der Waals surface area contributed by atoms with E-state index in [0.29, 0.717) is 47.7 Å². The van der Waals surface area contributed by atoms with Crippen LogP contribution < -0.4 is 5.32 Å². The number of hydrogen-bond acceptors (Lipinski definition) is 6. The van der Waals surface area contributed by atoms with Gasteiger partial charge in [-0.2, -0.15) is 0 Å². The molecule has 1 amide bonds. The summed E-state index contributed by atoms with van der Waals surface area (Å²) in [4.78, 5) is 47.9. The quantitative estimate of drug-likeness (QED) is 0.538. The summed E-state index contributed by atoms with van der Waals surface area (Å²) in [6, 6.07) is -0.0723. The van der Waals surface area contributed by atoms with Gasteiger partial charge in [0.25, 0.3) is 5.91 Å². The van der Waals surface area contributed by atoms with Crippen molar-refractivity contribution in [1.82, 2.24) is 5.32 Å². The number of ether oxygens (including phenoxy) is 2. The van der Waals surface area contributed by atoms with Crippen molar-refractivity contribution in [2.24, 2.45) is 46.3 Å². The average Bonchev–Trinajstić information content (AvgIpc) is 3.04. The Balaban J connectivity index is 1.57. The summed E-state index contributed by atoms with van der Waals surface area (Å²) in [7, 11) is 0.